The lowest BCUT2D eigenvalue weighted by Crippen LogP contribution is -2.49. The normalized spacial score (nSPS) is 33.8. The number of rotatable bonds is 3. The zero-order chi connectivity index (χ0) is 17.7. The van der Waals surface area contributed by atoms with Crippen molar-refractivity contribution in [3.05, 3.63) is 35.9 Å². The molecule has 3 heterocycles. The van der Waals surface area contributed by atoms with E-state index in [4.69, 9.17) is 4.74 Å². The summed E-state index contributed by atoms with van der Waals surface area (Å²) < 4.78 is 6.51. The van der Waals surface area contributed by atoms with Crippen LogP contribution in [0.5, 0.6) is 0 Å². The highest BCUT2D eigenvalue weighted by molar-refractivity contribution is 5.85. The summed E-state index contributed by atoms with van der Waals surface area (Å²) in [5.74, 6) is 0.890. The highest BCUT2D eigenvalue weighted by Gasteiger charge is 2.64. The molecule has 26 heavy (non-hydrogen) atoms. The molecule has 5 nitrogen and oxygen atoms in total. The van der Waals surface area contributed by atoms with Crippen molar-refractivity contribution in [1.29, 1.82) is 0 Å². The van der Waals surface area contributed by atoms with Crippen LogP contribution in [0, 0.1) is 5.92 Å². The fourth-order valence-corrected chi connectivity index (χ4v) is 5.54. The van der Waals surface area contributed by atoms with Crippen molar-refractivity contribution < 1.29 is 14.3 Å². The average molecular weight is 354 g/mol. The first-order valence-electron chi connectivity index (χ1n) is 10.00. The Kier molecular flexibility index (Phi) is 3.82. The van der Waals surface area contributed by atoms with Gasteiger partial charge in [-0.1, -0.05) is 43.2 Å². The van der Waals surface area contributed by atoms with E-state index >= 15 is 0 Å². The highest BCUT2D eigenvalue weighted by atomic mass is 16.5. The minimum absolute atomic E-state index is 0.0900. The van der Waals surface area contributed by atoms with E-state index in [9.17, 15) is 9.59 Å². The second-order valence-corrected chi connectivity index (χ2v) is 8.28. The number of hydrogen-bond acceptors (Lipinski definition) is 3. The first-order chi connectivity index (χ1) is 12.7. The molecule has 3 saturated heterocycles. The SMILES string of the molecule is O=C(CC1CCCC1)N1CC[C@@]23O[C@@H](c4ccccc4)CN2C(=O)C[C@@H]13. The van der Waals surface area contributed by atoms with Gasteiger partial charge in [0.1, 0.15) is 6.10 Å². The Morgan fingerprint density at radius 2 is 1.96 bits per heavy atom. The number of hydrogen-bond donors (Lipinski definition) is 0. The fraction of sp³-hybridized carbons (Fsp3) is 0.619. The van der Waals surface area contributed by atoms with Crippen molar-refractivity contribution in [3.8, 4) is 0 Å². The monoisotopic (exact) mass is 354 g/mol. The van der Waals surface area contributed by atoms with Crippen molar-refractivity contribution in [3.63, 3.8) is 0 Å². The van der Waals surface area contributed by atoms with Crippen LogP contribution in [0.25, 0.3) is 0 Å². The lowest BCUT2D eigenvalue weighted by molar-refractivity contribution is -0.143. The maximum Gasteiger partial charge on any atom is 0.227 e. The number of benzene rings is 1. The summed E-state index contributed by atoms with van der Waals surface area (Å²) in [6.45, 7) is 1.31. The summed E-state index contributed by atoms with van der Waals surface area (Å²) in [7, 11) is 0. The number of likely N-dealkylation sites (tertiary alicyclic amines) is 1. The van der Waals surface area contributed by atoms with Crippen molar-refractivity contribution in [1.82, 2.24) is 9.80 Å². The molecule has 5 heteroatoms. The topological polar surface area (TPSA) is 49.9 Å². The van der Waals surface area contributed by atoms with Crippen LogP contribution in [0.2, 0.25) is 0 Å². The van der Waals surface area contributed by atoms with Gasteiger partial charge in [0.25, 0.3) is 0 Å². The van der Waals surface area contributed by atoms with Crippen LogP contribution in [0.15, 0.2) is 30.3 Å². The van der Waals surface area contributed by atoms with Crippen molar-refractivity contribution in [2.75, 3.05) is 13.1 Å². The molecule has 3 atom stereocenters. The molecule has 4 fully saturated rings. The Morgan fingerprint density at radius 1 is 1.19 bits per heavy atom. The van der Waals surface area contributed by atoms with Gasteiger partial charge in [0, 0.05) is 19.4 Å². The minimum atomic E-state index is -0.594. The van der Waals surface area contributed by atoms with Gasteiger partial charge in [-0.05, 0) is 24.3 Å². The van der Waals surface area contributed by atoms with Gasteiger partial charge in [-0.2, -0.15) is 0 Å². The zero-order valence-electron chi connectivity index (χ0n) is 15.1. The van der Waals surface area contributed by atoms with Crippen LogP contribution in [0.1, 0.15) is 56.6 Å². The molecule has 1 aromatic carbocycles. The summed E-state index contributed by atoms with van der Waals surface area (Å²) >= 11 is 0. The van der Waals surface area contributed by atoms with E-state index in [0.29, 0.717) is 31.8 Å². The largest absolute Gasteiger partial charge is 0.343 e. The van der Waals surface area contributed by atoms with Gasteiger partial charge in [-0.3, -0.25) is 9.59 Å². The van der Waals surface area contributed by atoms with Gasteiger partial charge in [-0.25, -0.2) is 0 Å². The molecule has 3 aliphatic heterocycles. The molecule has 5 rings (SSSR count). The average Bonchev–Trinajstić information content (AvgIpc) is 3.39. The number of amides is 2. The smallest absolute Gasteiger partial charge is 0.227 e. The van der Waals surface area contributed by atoms with Gasteiger partial charge in [-0.15, -0.1) is 0 Å². The van der Waals surface area contributed by atoms with E-state index in [1.807, 2.05) is 28.0 Å². The maximum atomic E-state index is 12.9. The molecule has 1 saturated carbocycles. The van der Waals surface area contributed by atoms with Crippen molar-refractivity contribution in [2.24, 2.45) is 5.92 Å². The van der Waals surface area contributed by atoms with E-state index < -0.39 is 5.72 Å². The first-order valence-corrected chi connectivity index (χ1v) is 10.00. The Labute approximate surface area is 154 Å². The predicted molar refractivity (Wildman–Crippen MR) is 96.0 cm³/mol. The Hall–Kier alpha value is -1.88. The molecule has 1 spiro atoms. The lowest BCUT2D eigenvalue weighted by Gasteiger charge is -2.32. The summed E-state index contributed by atoms with van der Waals surface area (Å²) in [5, 5.41) is 0. The molecule has 0 unspecified atom stereocenters. The molecule has 0 bridgehead atoms. The van der Waals surface area contributed by atoms with E-state index in [-0.39, 0.29) is 24.0 Å². The minimum Gasteiger partial charge on any atom is -0.343 e. The summed E-state index contributed by atoms with van der Waals surface area (Å²) in [4.78, 5) is 29.5. The standard InChI is InChI=1S/C21H26N2O3/c24-19(12-15-6-4-5-7-15)22-11-10-21-18(22)13-20(25)23(21)14-17(26-21)16-8-2-1-3-9-16/h1-3,8-9,15,17-18H,4-7,10-14H2/t17-,18-,21+/m1/s1. The molecular weight excluding hydrogens is 328 g/mol. The quantitative estimate of drug-likeness (QED) is 0.839. The van der Waals surface area contributed by atoms with Crippen LogP contribution in [-0.4, -0.2) is 46.5 Å². The predicted octanol–water partition coefficient (Wildman–Crippen LogP) is 2.87. The maximum absolute atomic E-state index is 12.9. The summed E-state index contributed by atoms with van der Waals surface area (Å²) in [5.41, 5.74) is 0.515. The number of nitrogens with zero attached hydrogens (tertiary/aromatic N) is 2. The van der Waals surface area contributed by atoms with Crippen molar-refractivity contribution in [2.45, 2.75) is 62.8 Å². The molecular formula is C21H26N2O3. The van der Waals surface area contributed by atoms with E-state index in [0.717, 1.165) is 12.0 Å². The molecule has 1 aromatic rings. The van der Waals surface area contributed by atoms with Gasteiger partial charge < -0.3 is 14.5 Å². The molecule has 0 aromatic heterocycles. The third-order valence-corrected chi connectivity index (χ3v) is 6.86. The van der Waals surface area contributed by atoms with Gasteiger partial charge in [0.15, 0.2) is 5.72 Å². The molecule has 138 valence electrons. The van der Waals surface area contributed by atoms with Crippen LogP contribution < -0.4 is 0 Å². The molecule has 0 N–H and O–H groups in total. The van der Waals surface area contributed by atoms with Crippen LogP contribution in [0.4, 0.5) is 0 Å². The molecule has 2 amide bonds. The third kappa shape index (κ3) is 2.40. The molecule has 1 aliphatic carbocycles. The summed E-state index contributed by atoms with van der Waals surface area (Å²) in [6.07, 6.45) is 6.55. The van der Waals surface area contributed by atoms with Crippen LogP contribution >= 0.6 is 0 Å². The number of carbonyl (C=O) groups is 2. The zero-order valence-corrected chi connectivity index (χ0v) is 15.1. The van der Waals surface area contributed by atoms with E-state index in [1.54, 1.807) is 0 Å². The van der Waals surface area contributed by atoms with Crippen molar-refractivity contribution >= 4 is 11.8 Å². The van der Waals surface area contributed by atoms with Gasteiger partial charge in [0.2, 0.25) is 11.8 Å². The second kappa shape index (κ2) is 6.08. The Bertz CT molecular complexity index is 715. The number of carbonyl (C=O) groups excluding carboxylic acids is 2. The van der Waals surface area contributed by atoms with E-state index in [2.05, 4.69) is 12.1 Å². The first kappa shape index (κ1) is 16.3. The molecule has 0 radical (unpaired) electrons. The third-order valence-electron chi connectivity index (χ3n) is 6.86. The second-order valence-electron chi connectivity index (χ2n) is 8.28. The fourth-order valence-electron chi connectivity index (χ4n) is 5.54. The Balaban J connectivity index is 1.36. The number of ether oxygens (including phenoxy) is 1. The van der Waals surface area contributed by atoms with E-state index in [1.165, 1.54) is 25.7 Å². The van der Waals surface area contributed by atoms with Gasteiger partial charge >= 0.3 is 0 Å². The van der Waals surface area contributed by atoms with Crippen LogP contribution in [0.3, 0.4) is 0 Å². The lowest BCUT2D eigenvalue weighted by atomic mass is 10.0. The highest BCUT2D eigenvalue weighted by Crippen LogP contribution is 2.50. The molecule has 4 aliphatic rings. The van der Waals surface area contributed by atoms with Gasteiger partial charge in [0.05, 0.1) is 19.0 Å². The summed E-state index contributed by atoms with van der Waals surface area (Å²) in [6, 6.07) is 10.0. The Morgan fingerprint density at radius 3 is 2.73 bits per heavy atom. The van der Waals surface area contributed by atoms with Crippen LogP contribution in [-0.2, 0) is 14.3 Å².